The third-order valence-electron chi connectivity index (χ3n) is 2.54. The minimum atomic E-state index is -0.452. The van der Waals surface area contributed by atoms with Gasteiger partial charge in [-0.3, -0.25) is 4.79 Å². The lowest BCUT2D eigenvalue weighted by molar-refractivity contribution is 0.0776. The van der Waals surface area contributed by atoms with Crippen molar-refractivity contribution in [1.82, 2.24) is 4.90 Å². The summed E-state index contributed by atoms with van der Waals surface area (Å²) in [4.78, 5) is 13.5. The van der Waals surface area contributed by atoms with Crippen LogP contribution in [0.1, 0.15) is 17.3 Å². The van der Waals surface area contributed by atoms with Crippen molar-refractivity contribution in [2.24, 2.45) is 10.9 Å². The molecule has 3 N–H and O–H groups in total. The van der Waals surface area contributed by atoms with Crippen molar-refractivity contribution in [2.45, 2.75) is 13.0 Å². The van der Waals surface area contributed by atoms with E-state index in [4.69, 9.17) is 10.9 Å². The van der Waals surface area contributed by atoms with E-state index in [0.29, 0.717) is 5.56 Å². The third kappa shape index (κ3) is 3.32. The Morgan fingerprint density at radius 1 is 1.47 bits per heavy atom. The van der Waals surface area contributed by atoms with Crippen LogP contribution in [0.15, 0.2) is 29.4 Å². The summed E-state index contributed by atoms with van der Waals surface area (Å²) in [7, 11) is 1.61. The fourth-order valence-electron chi connectivity index (χ4n) is 1.25. The molecule has 0 fully saturated rings. The summed E-state index contributed by atoms with van der Waals surface area (Å²) < 4.78 is 1.06. The SMILES string of the molecule is CC(C(N)=NO)N(C)C(=O)c1ccc(I)cc1. The fourth-order valence-corrected chi connectivity index (χ4v) is 1.61. The molecule has 5 nitrogen and oxygen atoms in total. The lowest BCUT2D eigenvalue weighted by Gasteiger charge is -2.23. The van der Waals surface area contributed by atoms with Gasteiger partial charge in [-0.25, -0.2) is 0 Å². The maximum Gasteiger partial charge on any atom is 0.254 e. The zero-order valence-corrected chi connectivity index (χ0v) is 11.7. The monoisotopic (exact) mass is 347 g/mol. The first kappa shape index (κ1) is 13.8. The molecule has 1 aromatic rings. The first-order chi connectivity index (χ1) is 7.97. The van der Waals surface area contributed by atoms with Crippen molar-refractivity contribution in [1.29, 1.82) is 0 Å². The molecule has 1 aromatic carbocycles. The van der Waals surface area contributed by atoms with Crippen molar-refractivity contribution in [3.63, 3.8) is 0 Å². The van der Waals surface area contributed by atoms with Crippen LogP contribution in [0.5, 0.6) is 0 Å². The van der Waals surface area contributed by atoms with Gasteiger partial charge in [-0.05, 0) is 53.8 Å². The molecule has 0 aliphatic heterocycles. The van der Waals surface area contributed by atoms with Crippen LogP contribution in [-0.2, 0) is 0 Å². The quantitative estimate of drug-likeness (QED) is 0.286. The fraction of sp³-hybridized carbons (Fsp3) is 0.273. The summed E-state index contributed by atoms with van der Waals surface area (Å²) in [5.74, 6) is -0.160. The van der Waals surface area contributed by atoms with Crippen LogP contribution in [0.3, 0.4) is 0 Å². The average Bonchev–Trinajstić information content (AvgIpc) is 2.36. The summed E-state index contributed by atoms with van der Waals surface area (Å²) in [6.45, 7) is 1.69. The molecule has 6 heteroatoms. The second-order valence-corrected chi connectivity index (χ2v) is 4.87. The molecular weight excluding hydrogens is 333 g/mol. The minimum absolute atomic E-state index is 0.00589. The van der Waals surface area contributed by atoms with Crippen molar-refractivity contribution < 1.29 is 10.0 Å². The van der Waals surface area contributed by atoms with Crippen molar-refractivity contribution in [3.05, 3.63) is 33.4 Å². The Morgan fingerprint density at radius 2 is 2.00 bits per heavy atom. The molecular formula is C11H14IN3O2. The summed E-state index contributed by atoms with van der Waals surface area (Å²) in [5.41, 5.74) is 6.04. The molecule has 0 aliphatic rings. The van der Waals surface area contributed by atoms with Crippen LogP contribution in [0.4, 0.5) is 0 Å². The van der Waals surface area contributed by atoms with Gasteiger partial charge in [0.1, 0.15) is 0 Å². The minimum Gasteiger partial charge on any atom is -0.409 e. The molecule has 0 spiro atoms. The van der Waals surface area contributed by atoms with Crippen LogP contribution in [0.25, 0.3) is 0 Å². The maximum atomic E-state index is 12.0. The number of amidine groups is 1. The molecule has 92 valence electrons. The maximum absolute atomic E-state index is 12.0. The van der Waals surface area contributed by atoms with E-state index in [1.54, 1.807) is 26.1 Å². The number of nitrogens with zero attached hydrogens (tertiary/aromatic N) is 2. The number of amides is 1. The number of benzene rings is 1. The molecule has 0 bridgehead atoms. The molecule has 0 aliphatic carbocycles. The number of halogens is 1. The Hall–Kier alpha value is -1.31. The number of hydrogen-bond donors (Lipinski definition) is 2. The van der Waals surface area contributed by atoms with Gasteiger partial charge < -0.3 is 15.8 Å². The number of oxime groups is 1. The first-order valence-corrected chi connectivity index (χ1v) is 6.05. The van der Waals surface area contributed by atoms with Crippen LogP contribution >= 0.6 is 22.6 Å². The predicted octanol–water partition coefficient (Wildman–Crippen LogP) is 1.50. The van der Waals surface area contributed by atoms with E-state index in [2.05, 4.69) is 27.7 Å². The van der Waals surface area contributed by atoms with Gasteiger partial charge in [0.25, 0.3) is 5.91 Å². The van der Waals surface area contributed by atoms with Gasteiger partial charge in [-0.1, -0.05) is 5.16 Å². The second-order valence-electron chi connectivity index (χ2n) is 3.62. The second kappa shape index (κ2) is 5.85. The highest BCUT2D eigenvalue weighted by Crippen LogP contribution is 2.10. The molecule has 1 unspecified atom stereocenters. The van der Waals surface area contributed by atoms with E-state index >= 15 is 0 Å². The zero-order valence-electron chi connectivity index (χ0n) is 9.59. The van der Waals surface area contributed by atoms with E-state index < -0.39 is 6.04 Å². The van der Waals surface area contributed by atoms with Gasteiger partial charge in [-0.15, -0.1) is 0 Å². The highest BCUT2D eigenvalue weighted by molar-refractivity contribution is 14.1. The zero-order chi connectivity index (χ0) is 13.0. The van der Waals surface area contributed by atoms with Gasteiger partial charge in [0.15, 0.2) is 5.84 Å². The van der Waals surface area contributed by atoms with Gasteiger partial charge in [-0.2, -0.15) is 0 Å². The van der Waals surface area contributed by atoms with Crippen LogP contribution < -0.4 is 5.73 Å². The molecule has 0 saturated carbocycles. The first-order valence-electron chi connectivity index (χ1n) is 4.97. The normalized spacial score (nSPS) is 13.2. The number of nitrogens with two attached hydrogens (primary N) is 1. The van der Waals surface area contributed by atoms with Crippen molar-refractivity contribution >= 4 is 34.3 Å². The molecule has 1 amide bonds. The Bertz CT molecular complexity index is 431. The Labute approximate surface area is 113 Å². The lowest BCUT2D eigenvalue weighted by atomic mass is 10.1. The van der Waals surface area contributed by atoms with E-state index in [1.165, 1.54) is 4.90 Å². The number of likely N-dealkylation sites (N-methyl/N-ethyl adjacent to an activating group) is 1. The highest BCUT2D eigenvalue weighted by atomic mass is 127. The number of carbonyl (C=O) groups excluding carboxylic acids is 1. The number of carbonyl (C=O) groups is 1. The van der Waals surface area contributed by atoms with Gasteiger partial charge >= 0.3 is 0 Å². The molecule has 1 rings (SSSR count). The van der Waals surface area contributed by atoms with Gasteiger partial charge in [0, 0.05) is 16.2 Å². The highest BCUT2D eigenvalue weighted by Gasteiger charge is 2.20. The van der Waals surface area contributed by atoms with Gasteiger partial charge in [0.05, 0.1) is 6.04 Å². The van der Waals surface area contributed by atoms with Crippen LogP contribution in [0, 0.1) is 3.57 Å². The molecule has 17 heavy (non-hydrogen) atoms. The number of rotatable bonds is 3. The summed E-state index contributed by atoms with van der Waals surface area (Å²) in [5, 5.41) is 11.5. The lowest BCUT2D eigenvalue weighted by Crippen LogP contribution is -2.43. The van der Waals surface area contributed by atoms with Crippen molar-refractivity contribution in [3.8, 4) is 0 Å². The smallest absolute Gasteiger partial charge is 0.254 e. The number of hydrogen-bond acceptors (Lipinski definition) is 3. The molecule has 0 radical (unpaired) electrons. The summed E-state index contributed by atoms with van der Waals surface area (Å²) >= 11 is 2.17. The van der Waals surface area contributed by atoms with E-state index in [9.17, 15) is 4.79 Å². The topological polar surface area (TPSA) is 78.9 Å². The van der Waals surface area contributed by atoms with E-state index in [-0.39, 0.29) is 11.7 Å². The molecule has 1 atom stereocenters. The standard InChI is InChI=1S/C11H14IN3O2/c1-7(10(13)14-17)15(2)11(16)8-3-5-9(12)6-4-8/h3-7,17H,1-2H3,(H2,13,14). The largest absolute Gasteiger partial charge is 0.409 e. The Balaban J connectivity index is 2.86. The van der Waals surface area contributed by atoms with E-state index in [1.807, 2.05) is 12.1 Å². The third-order valence-corrected chi connectivity index (χ3v) is 3.26. The van der Waals surface area contributed by atoms with Crippen LogP contribution in [0.2, 0.25) is 0 Å². The van der Waals surface area contributed by atoms with E-state index in [0.717, 1.165) is 3.57 Å². The average molecular weight is 347 g/mol. The Morgan fingerprint density at radius 3 is 2.47 bits per heavy atom. The predicted molar refractivity (Wildman–Crippen MR) is 74.1 cm³/mol. The molecule has 0 saturated heterocycles. The van der Waals surface area contributed by atoms with Gasteiger partial charge in [0.2, 0.25) is 0 Å². The molecule has 0 aromatic heterocycles. The molecule has 0 heterocycles. The van der Waals surface area contributed by atoms with Crippen molar-refractivity contribution in [2.75, 3.05) is 7.05 Å². The summed E-state index contributed by atoms with van der Waals surface area (Å²) in [6.07, 6.45) is 0. The summed E-state index contributed by atoms with van der Waals surface area (Å²) in [6, 6.07) is 6.76. The van der Waals surface area contributed by atoms with Crippen LogP contribution in [-0.4, -0.2) is 34.9 Å². The Kier molecular flexibility index (Phi) is 4.73.